The molecule has 3 rings (SSSR count). The van der Waals surface area contributed by atoms with Gasteiger partial charge in [0.1, 0.15) is 0 Å². The lowest BCUT2D eigenvalue weighted by Gasteiger charge is -2.30. The first kappa shape index (κ1) is 19.9. The van der Waals surface area contributed by atoms with Crippen LogP contribution in [0.4, 0.5) is 11.4 Å². The number of sulfonamides is 1. The lowest BCUT2D eigenvalue weighted by atomic mass is 9.95. The fourth-order valence-electron chi connectivity index (χ4n) is 3.36. The molecular weight excluding hydrogens is 376 g/mol. The van der Waals surface area contributed by atoms with E-state index in [1.807, 2.05) is 17.0 Å². The Balaban J connectivity index is 1.86. The van der Waals surface area contributed by atoms with Crippen LogP contribution in [0.15, 0.2) is 48.5 Å². The van der Waals surface area contributed by atoms with Gasteiger partial charge in [0.05, 0.1) is 17.0 Å². The smallest absolute Gasteiger partial charge is 0.337 e. The fraction of sp³-hybridized carbons (Fsp3) is 0.286. The zero-order valence-corrected chi connectivity index (χ0v) is 16.8. The second-order valence-electron chi connectivity index (χ2n) is 6.78. The van der Waals surface area contributed by atoms with Gasteiger partial charge >= 0.3 is 5.97 Å². The molecule has 0 bridgehead atoms. The van der Waals surface area contributed by atoms with E-state index in [-0.39, 0.29) is 17.0 Å². The Hall–Kier alpha value is -2.80. The SMILES string of the molecule is CCS(=O)(=O)Nc1ccc(N2CC=C(c3ccccc3C)CC2)c(C(=O)O)c1. The number of nitrogens with one attached hydrogen (secondary N) is 1. The van der Waals surface area contributed by atoms with E-state index >= 15 is 0 Å². The molecule has 0 saturated carbocycles. The summed E-state index contributed by atoms with van der Waals surface area (Å²) in [5.41, 5.74) is 4.65. The van der Waals surface area contributed by atoms with Crippen molar-refractivity contribution in [3.05, 3.63) is 65.2 Å². The summed E-state index contributed by atoms with van der Waals surface area (Å²) in [5.74, 6) is -1.16. The largest absolute Gasteiger partial charge is 0.478 e. The molecule has 0 radical (unpaired) electrons. The summed E-state index contributed by atoms with van der Waals surface area (Å²) in [6.07, 6.45) is 2.94. The topological polar surface area (TPSA) is 86.7 Å². The third kappa shape index (κ3) is 4.36. The molecule has 0 aromatic heterocycles. The molecule has 2 aromatic carbocycles. The van der Waals surface area contributed by atoms with E-state index in [1.165, 1.54) is 29.7 Å². The minimum atomic E-state index is -3.46. The molecule has 2 N–H and O–H groups in total. The lowest BCUT2D eigenvalue weighted by molar-refractivity contribution is 0.0697. The van der Waals surface area contributed by atoms with E-state index in [2.05, 4.69) is 29.9 Å². The Morgan fingerprint density at radius 1 is 1.21 bits per heavy atom. The normalized spacial score (nSPS) is 14.5. The van der Waals surface area contributed by atoms with Gasteiger partial charge in [-0.3, -0.25) is 4.72 Å². The summed E-state index contributed by atoms with van der Waals surface area (Å²) in [6.45, 7) is 4.91. The molecule has 0 fully saturated rings. The maximum Gasteiger partial charge on any atom is 0.337 e. The summed E-state index contributed by atoms with van der Waals surface area (Å²) in [7, 11) is -3.46. The van der Waals surface area contributed by atoms with Crippen molar-refractivity contribution in [2.45, 2.75) is 20.3 Å². The van der Waals surface area contributed by atoms with Crippen molar-refractivity contribution in [3.8, 4) is 0 Å². The minimum absolute atomic E-state index is 0.0737. The molecule has 0 amide bonds. The van der Waals surface area contributed by atoms with Crippen LogP contribution in [0, 0.1) is 6.92 Å². The molecule has 148 valence electrons. The quantitative estimate of drug-likeness (QED) is 0.771. The number of benzene rings is 2. The van der Waals surface area contributed by atoms with Gasteiger partial charge in [-0.2, -0.15) is 0 Å². The summed E-state index contributed by atoms with van der Waals surface area (Å²) in [4.78, 5) is 13.8. The standard InChI is InChI=1S/C21H24N2O4S/c1-3-28(26,27)22-17-8-9-20(19(14-17)21(24)25)23-12-10-16(11-13-23)18-7-5-4-6-15(18)2/h4-10,14,22H,3,11-13H2,1-2H3,(H,24,25). The number of anilines is 2. The minimum Gasteiger partial charge on any atom is -0.478 e. The number of hydrogen-bond acceptors (Lipinski definition) is 4. The van der Waals surface area contributed by atoms with Gasteiger partial charge in [0.2, 0.25) is 10.0 Å². The Labute approximate surface area is 165 Å². The summed E-state index contributed by atoms with van der Waals surface area (Å²) >= 11 is 0. The van der Waals surface area contributed by atoms with Crippen LogP contribution >= 0.6 is 0 Å². The van der Waals surface area contributed by atoms with Crippen LogP contribution in [0.5, 0.6) is 0 Å². The van der Waals surface area contributed by atoms with Gasteiger partial charge in [0.15, 0.2) is 0 Å². The van der Waals surface area contributed by atoms with E-state index in [4.69, 9.17) is 0 Å². The van der Waals surface area contributed by atoms with Gasteiger partial charge in [-0.25, -0.2) is 13.2 Å². The van der Waals surface area contributed by atoms with E-state index in [1.54, 1.807) is 12.1 Å². The Bertz CT molecular complexity index is 1030. The van der Waals surface area contributed by atoms with Crippen LogP contribution in [0.3, 0.4) is 0 Å². The van der Waals surface area contributed by atoms with Gasteiger partial charge in [-0.15, -0.1) is 0 Å². The zero-order chi connectivity index (χ0) is 20.3. The molecule has 0 aliphatic carbocycles. The number of aryl methyl sites for hydroxylation is 1. The number of aromatic carboxylic acids is 1. The molecular formula is C21H24N2O4S. The highest BCUT2D eigenvalue weighted by molar-refractivity contribution is 7.92. The Morgan fingerprint density at radius 3 is 2.57 bits per heavy atom. The third-order valence-electron chi connectivity index (χ3n) is 4.92. The molecule has 0 saturated heterocycles. The molecule has 0 spiro atoms. The van der Waals surface area contributed by atoms with Crippen LogP contribution < -0.4 is 9.62 Å². The van der Waals surface area contributed by atoms with Crippen LogP contribution in [-0.4, -0.2) is 38.3 Å². The molecule has 1 aliphatic rings. The van der Waals surface area contributed by atoms with Gasteiger partial charge in [-0.05, 0) is 55.2 Å². The number of carboxylic acids is 1. The summed E-state index contributed by atoms with van der Waals surface area (Å²) in [6, 6.07) is 12.9. The van der Waals surface area contributed by atoms with Crippen molar-refractivity contribution in [2.24, 2.45) is 0 Å². The van der Waals surface area contributed by atoms with Crippen LogP contribution in [0.25, 0.3) is 5.57 Å². The summed E-state index contributed by atoms with van der Waals surface area (Å²) in [5, 5.41) is 9.62. The highest BCUT2D eigenvalue weighted by Crippen LogP contribution is 2.30. The molecule has 1 aliphatic heterocycles. The highest BCUT2D eigenvalue weighted by atomic mass is 32.2. The maximum atomic E-state index is 11.8. The van der Waals surface area contributed by atoms with Gasteiger partial charge in [0, 0.05) is 18.8 Å². The van der Waals surface area contributed by atoms with E-state index < -0.39 is 16.0 Å². The second-order valence-corrected chi connectivity index (χ2v) is 8.79. The highest BCUT2D eigenvalue weighted by Gasteiger charge is 2.21. The molecule has 28 heavy (non-hydrogen) atoms. The number of hydrogen-bond donors (Lipinski definition) is 2. The first-order chi connectivity index (χ1) is 13.3. The van der Waals surface area contributed by atoms with E-state index in [9.17, 15) is 18.3 Å². The predicted octanol–water partition coefficient (Wildman–Crippen LogP) is 3.75. The van der Waals surface area contributed by atoms with Crippen molar-refractivity contribution in [1.29, 1.82) is 0 Å². The maximum absolute atomic E-state index is 11.8. The molecule has 0 unspecified atom stereocenters. The van der Waals surface area contributed by atoms with Crippen molar-refractivity contribution in [1.82, 2.24) is 0 Å². The van der Waals surface area contributed by atoms with Crippen LogP contribution in [0.1, 0.15) is 34.8 Å². The first-order valence-corrected chi connectivity index (χ1v) is 10.8. The van der Waals surface area contributed by atoms with Crippen molar-refractivity contribution in [2.75, 3.05) is 28.5 Å². The Morgan fingerprint density at radius 2 is 1.96 bits per heavy atom. The average Bonchev–Trinajstić information content (AvgIpc) is 2.68. The lowest BCUT2D eigenvalue weighted by Crippen LogP contribution is -2.30. The third-order valence-corrected chi connectivity index (χ3v) is 6.23. The van der Waals surface area contributed by atoms with E-state index in [0.717, 1.165) is 6.42 Å². The summed E-state index contributed by atoms with van der Waals surface area (Å²) < 4.78 is 25.9. The molecule has 2 aromatic rings. The molecule has 7 heteroatoms. The Kier molecular flexibility index (Phi) is 5.74. The molecule has 1 heterocycles. The number of rotatable bonds is 6. The molecule has 0 atom stereocenters. The fourth-order valence-corrected chi connectivity index (χ4v) is 3.99. The van der Waals surface area contributed by atoms with Gasteiger partial charge < -0.3 is 10.0 Å². The number of carboxylic acid groups (broad SMARTS) is 1. The second kappa shape index (κ2) is 8.06. The van der Waals surface area contributed by atoms with Gasteiger partial charge in [0.25, 0.3) is 0 Å². The average molecular weight is 401 g/mol. The van der Waals surface area contributed by atoms with Crippen molar-refractivity contribution in [3.63, 3.8) is 0 Å². The zero-order valence-electron chi connectivity index (χ0n) is 16.0. The predicted molar refractivity (Wildman–Crippen MR) is 112 cm³/mol. The van der Waals surface area contributed by atoms with Crippen LogP contribution in [0.2, 0.25) is 0 Å². The van der Waals surface area contributed by atoms with Crippen LogP contribution in [-0.2, 0) is 10.0 Å². The monoisotopic (exact) mass is 400 g/mol. The van der Waals surface area contributed by atoms with Gasteiger partial charge in [-0.1, -0.05) is 30.3 Å². The molecule has 6 nitrogen and oxygen atoms in total. The van der Waals surface area contributed by atoms with E-state index in [0.29, 0.717) is 18.8 Å². The number of nitrogens with zero attached hydrogens (tertiary/aromatic N) is 1. The van der Waals surface area contributed by atoms with Crippen molar-refractivity contribution < 1.29 is 18.3 Å². The first-order valence-electron chi connectivity index (χ1n) is 9.18. The van der Waals surface area contributed by atoms with Crippen molar-refractivity contribution >= 4 is 32.9 Å². The number of carbonyl (C=O) groups is 1.